The van der Waals surface area contributed by atoms with Crippen molar-refractivity contribution in [3.05, 3.63) is 88.4 Å². The minimum absolute atomic E-state index is 0.525. The van der Waals surface area contributed by atoms with Crippen LogP contribution < -0.4 is 5.32 Å². The Morgan fingerprint density at radius 2 is 1.86 bits per heavy atom. The number of pyridine rings is 1. The zero-order chi connectivity index (χ0) is 25.8. The molecular weight excluding hydrogens is 456 g/mol. The van der Waals surface area contributed by atoms with Crippen LogP contribution in [-0.4, -0.2) is 53.0 Å². The van der Waals surface area contributed by atoms with Gasteiger partial charge in [0.05, 0.1) is 11.3 Å². The van der Waals surface area contributed by atoms with Gasteiger partial charge in [0.1, 0.15) is 6.07 Å². The zero-order valence-corrected chi connectivity index (χ0v) is 21.9. The molecule has 0 unspecified atom stereocenters. The van der Waals surface area contributed by atoms with Gasteiger partial charge in [-0.1, -0.05) is 36.4 Å². The van der Waals surface area contributed by atoms with Gasteiger partial charge in [-0.2, -0.15) is 5.26 Å². The molecule has 0 spiro atoms. The molecule has 1 saturated heterocycles. The van der Waals surface area contributed by atoms with Crippen molar-refractivity contribution in [2.45, 2.75) is 26.8 Å². The molecule has 2 aromatic heterocycles. The molecule has 2 N–H and O–H groups in total. The molecule has 3 heterocycles. The Kier molecular flexibility index (Phi) is 7.36. The number of likely N-dealkylation sites (N-methyl/N-ethyl adjacent to an activating group) is 1. The second-order valence-electron chi connectivity index (χ2n) is 9.97. The summed E-state index contributed by atoms with van der Waals surface area (Å²) < 4.78 is 0. The molecule has 5 rings (SSSR count). The molecule has 37 heavy (non-hydrogen) atoms. The monoisotopic (exact) mass is 490 g/mol. The Morgan fingerprint density at radius 3 is 2.68 bits per heavy atom. The number of H-pyrrole nitrogens is 1. The molecule has 2 aromatic carbocycles. The number of hydrogen-bond donors (Lipinski definition) is 2. The van der Waals surface area contributed by atoms with Gasteiger partial charge in [0.25, 0.3) is 0 Å². The number of aromatic amines is 1. The van der Waals surface area contributed by atoms with Gasteiger partial charge >= 0.3 is 0 Å². The molecule has 188 valence electrons. The lowest BCUT2D eigenvalue weighted by molar-refractivity contribution is 0.269. The minimum Gasteiger partial charge on any atom is -0.361 e. The van der Waals surface area contributed by atoms with Gasteiger partial charge in [0, 0.05) is 59.9 Å². The van der Waals surface area contributed by atoms with Crippen LogP contribution in [0, 0.1) is 25.2 Å². The fourth-order valence-corrected chi connectivity index (χ4v) is 5.03. The third-order valence-corrected chi connectivity index (χ3v) is 7.34. The Morgan fingerprint density at radius 1 is 1.03 bits per heavy atom. The molecular formula is C31H34N6. The van der Waals surface area contributed by atoms with Gasteiger partial charge in [0.2, 0.25) is 0 Å². The molecule has 4 aromatic rings. The van der Waals surface area contributed by atoms with Crippen LogP contribution >= 0.6 is 0 Å². The molecule has 1 aliphatic heterocycles. The molecule has 1 aliphatic rings. The summed E-state index contributed by atoms with van der Waals surface area (Å²) in [5.74, 6) is 0. The summed E-state index contributed by atoms with van der Waals surface area (Å²) in [6.45, 7) is 9.65. The van der Waals surface area contributed by atoms with E-state index in [4.69, 9.17) is 0 Å². The fourth-order valence-electron chi connectivity index (χ4n) is 5.03. The highest BCUT2D eigenvalue weighted by Crippen LogP contribution is 2.32. The maximum atomic E-state index is 9.84. The van der Waals surface area contributed by atoms with E-state index < -0.39 is 0 Å². The van der Waals surface area contributed by atoms with Gasteiger partial charge in [-0.15, -0.1) is 0 Å². The number of aromatic nitrogens is 2. The fraction of sp³-hybridized carbons (Fsp3) is 0.290. The van der Waals surface area contributed by atoms with Crippen molar-refractivity contribution >= 4 is 34.4 Å². The number of nitriles is 1. The number of hydrogen-bond acceptors (Lipinski definition) is 5. The van der Waals surface area contributed by atoms with Crippen LogP contribution in [0.4, 0.5) is 11.4 Å². The number of anilines is 2. The Hall–Kier alpha value is -3.92. The highest BCUT2D eigenvalue weighted by Gasteiger charge is 2.14. The number of nitrogens with one attached hydrogen (secondary N) is 2. The van der Waals surface area contributed by atoms with Gasteiger partial charge in [-0.25, -0.2) is 0 Å². The van der Waals surface area contributed by atoms with Crippen LogP contribution in [0.15, 0.2) is 54.9 Å². The van der Waals surface area contributed by atoms with E-state index >= 15 is 0 Å². The third kappa shape index (κ3) is 5.59. The molecule has 0 amide bonds. The van der Waals surface area contributed by atoms with E-state index in [1.807, 2.05) is 13.1 Å². The Balaban J connectivity index is 1.37. The van der Waals surface area contributed by atoms with E-state index in [0.29, 0.717) is 5.56 Å². The molecule has 1 fully saturated rings. The zero-order valence-electron chi connectivity index (χ0n) is 21.9. The normalized spacial score (nSPS) is 15.2. The highest BCUT2D eigenvalue weighted by atomic mass is 15.2. The topological polar surface area (TPSA) is 71.0 Å². The van der Waals surface area contributed by atoms with Crippen molar-refractivity contribution in [1.29, 1.82) is 5.26 Å². The van der Waals surface area contributed by atoms with E-state index in [-0.39, 0.29) is 0 Å². The second-order valence-corrected chi connectivity index (χ2v) is 9.97. The lowest BCUT2D eigenvalue weighted by Crippen LogP contribution is -2.28. The van der Waals surface area contributed by atoms with Gasteiger partial charge < -0.3 is 15.2 Å². The minimum atomic E-state index is 0.525. The molecule has 0 radical (unpaired) electrons. The third-order valence-electron chi connectivity index (χ3n) is 7.34. The number of fused-ring (bicyclic) bond motifs is 1. The van der Waals surface area contributed by atoms with E-state index in [1.54, 1.807) is 6.20 Å². The van der Waals surface area contributed by atoms with E-state index in [2.05, 4.69) is 99.7 Å². The summed E-state index contributed by atoms with van der Waals surface area (Å²) in [6.07, 6.45) is 8.99. The molecule has 0 aliphatic carbocycles. The summed E-state index contributed by atoms with van der Waals surface area (Å²) in [5, 5.41) is 14.5. The number of nitrogens with zero attached hydrogens (tertiary/aromatic N) is 4. The maximum absolute atomic E-state index is 9.84. The lowest BCUT2D eigenvalue weighted by atomic mass is 10.0. The molecule has 0 bridgehead atoms. The SMILES string of the molecule is Cc1ncc(C#N)c(Nc2ccc3[nH]ccc3c2C)c1C=Cc1ccc(CN2CCCN(C)CC2)cc1. The van der Waals surface area contributed by atoms with Crippen LogP contribution in [0.3, 0.4) is 0 Å². The first-order chi connectivity index (χ1) is 18.0. The predicted molar refractivity (Wildman–Crippen MR) is 153 cm³/mol. The van der Waals surface area contributed by atoms with Crippen LogP contribution in [0.5, 0.6) is 0 Å². The van der Waals surface area contributed by atoms with Crippen molar-refractivity contribution in [3.63, 3.8) is 0 Å². The predicted octanol–water partition coefficient (Wildman–Crippen LogP) is 6.10. The van der Waals surface area contributed by atoms with Crippen LogP contribution in [-0.2, 0) is 6.54 Å². The first kappa shape index (κ1) is 24.8. The summed E-state index contributed by atoms with van der Waals surface area (Å²) in [6, 6.07) is 17.3. The van der Waals surface area contributed by atoms with Gasteiger partial charge in [0.15, 0.2) is 0 Å². The molecule has 0 saturated carbocycles. The smallest absolute Gasteiger partial charge is 0.103 e. The first-order valence-electron chi connectivity index (χ1n) is 12.9. The number of aryl methyl sites for hydroxylation is 2. The van der Waals surface area contributed by atoms with Crippen molar-refractivity contribution in [3.8, 4) is 6.07 Å². The van der Waals surface area contributed by atoms with E-state index in [0.717, 1.165) is 65.5 Å². The Bertz CT molecular complexity index is 1460. The highest BCUT2D eigenvalue weighted by molar-refractivity contribution is 5.90. The maximum Gasteiger partial charge on any atom is 0.103 e. The Labute approximate surface area is 219 Å². The first-order valence-corrected chi connectivity index (χ1v) is 12.9. The lowest BCUT2D eigenvalue weighted by Gasteiger charge is -2.20. The summed E-state index contributed by atoms with van der Waals surface area (Å²) in [4.78, 5) is 12.7. The van der Waals surface area contributed by atoms with Gasteiger partial charge in [-0.05, 0) is 75.3 Å². The second kappa shape index (κ2) is 11.0. The van der Waals surface area contributed by atoms with Crippen LogP contribution in [0.1, 0.15) is 39.9 Å². The molecule has 6 heteroatoms. The molecule has 6 nitrogen and oxygen atoms in total. The summed E-state index contributed by atoms with van der Waals surface area (Å²) in [7, 11) is 2.21. The number of benzene rings is 2. The standard InChI is InChI=1S/C31H34N6/c1-22-27-13-14-33-30(27)12-11-29(22)35-31-26(19-32)20-34-23(2)28(31)10-9-24-5-7-25(8-6-24)21-37-16-4-15-36(3)17-18-37/h5-14,20,33H,4,15-18,21H2,1-3H3,(H,34,35). The molecule has 0 atom stereocenters. The van der Waals surface area contributed by atoms with Crippen molar-refractivity contribution in [2.24, 2.45) is 0 Å². The average Bonchev–Trinajstić information content (AvgIpc) is 3.30. The van der Waals surface area contributed by atoms with E-state index in [9.17, 15) is 5.26 Å². The quantitative estimate of drug-likeness (QED) is 0.342. The van der Waals surface area contributed by atoms with Crippen LogP contribution in [0.25, 0.3) is 23.1 Å². The van der Waals surface area contributed by atoms with Crippen molar-refractivity contribution in [1.82, 2.24) is 19.8 Å². The summed E-state index contributed by atoms with van der Waals surface area (Å²) in [5.41, 5.74) is 8.78. The van der Waals surface area contributed by atoms with Gasteiger partial charge in [-0.3, -0.25) is 9.88 Å². The van der Waals surface area contributed by atoms with Crippen molar-refractivity contribution < 1.29 is 0 Å². The number of rotatable bonds is 6. The largest absolute Gasteiger partial charge is 0.361 e. The van der Waals surface area contributed by atoms with Crippen molar-refractivity contribution in [2.75, 3.05) is 38.5 Å². The average molecular weight is 491 g/mol. The van der Waals surface area contributed by atoms with Crippen LogP contribution in [0.2, 0.25) is 0 Å². The summed E-state index contributed by atoms with van der Waals surface area (Å²) >= 11 is 0. The van der Waals surface area contributed by atoms with E-state index in [1.165, 1.54) is 23.9 Å².